The number of benzene rings is 1. The summed E-state index contributed by atoms with van der Waals surface area (Å²) in [6, 6.07) is 4.44. The van der Waals surface area contributed by atoms with Crippen molar-refractivity contribution in [3.8, 4) is 0 Å². The maximum absolute atomic E-state index is 12.8. The van der Waals surface area contributed by atoms with Gasteiger partial charge < -0.3 is 5.32 Å². The molecule has 0 bridgehead atoms. The Morgan fingerprint density at radius 1 is 1.32 bits per heavy atom. The molecule has 25 heavy (non-hydrogen) atoms. The van der Waals surface area contributed by atoms with Crippen LogP contribution in [-0.2, 0) is 6.42 Å². The van der Waals surface area contributed by atoms with E-state index in [1.165, 1.54) is 18.3 Å². The van der Waals surface area contributed by atoms with Crippen LogP contribution in [0, 0.1) is 0 Å². The summed E-state index contributed by atoms with van der Waals surface area (Å²) < 4.78 is 28.0. The number of aromatic nitrogens is 3. The summed E-state index contributed by atoms with van der Waals surface area (Å²) in [6.07, 6.45) is 3.68. The number of rotatable bonds is 3. The van der Waals surface area contributed by atoms with E-state index in [-0.39, 0.29) is 17.5 Å². The van der Waals surface area contributed by atoms with Crippen molar-refractivity contribution in [2.24, 2.45) is 0 Å². The average Bonchev–Trinajstić information content (AvgIpc) is 3.18. The molecule has 128 valence electrons. The third-order valence-electron chi connectivity index (χ3n) is 4.37. The number of aryl methyl sites for hydroxylation is 1. The van der Waals surface area contributed by atoms with Gasteiger partial charge in [-0.15, -0.1) is 0 Å². The summed E-state index contributed by atoms with van der Waals surface area (Å²) in [7, 11) is 0. The Morgan fingerprint density at radius 2 is 2.12 bits per heavy atom. The zero-order valence-electron chi connectivity index (χ0n) is 12.9. The molecular formula is C17H13BrF2N4O. The molecule has 0 radical (unpaired) electrons. The first kappa shape index (κ1) is 16.1. The monoisotopic (exact) mass is 406 g/mol. The molecule has 8 heteroatoms. The van der Waals surface area contributed by atoms with E-state index in [0.717, 1.165) is 15.6 Å². The summed E-state index contributed by atoms with van der Waals surface area (Å²) in [5.41, 5.74) is 2.15. The van der Waals surface area contributed by atoms with Crippen molar-refractivity contribution in [1.29, 1.82) is 0 Å². The fourth-order valence-corrected chi connectivity index (χ4v) is 3.48. The van der Waals surface area contributed by atoms with Crippen LogP contribution in [0.2, 0.25) is 0 Å². The number of alkyl halides is 2. The molecule has 1 N–H and O–H groups in total. The van der Waals surface area contributed by atoms with Crippen molar-refractivity contribution in [2.45, 2.75) is 25.3 Å². The first-order valence-electron chi connectivity index (χ1n) is 7.73. The maximum Gasteiger partial charge on any atom is 0.270 e. The van der Waals surface area contributed by atoms with Gasteiger partial charge in [0.25, 0.3) is 12.3 Å². The number of carbonyl (C=O) groups is 1. The molecule has 1 aliphatic carbocycles. The number of amides is 1. The number of fused-ring (bicyclic) bond motifs is 2. The van der Waals surface area contributed by atoms with E-state index in [4.69, 9.17) is 0 Å². The van der Waals surface area contributed by atoms with Gasteiger partial charge in [-0.25, -0.2) is 18.7 Å². The molecule has 0 unspecified atom stereocenters. The SMILES string of the molecule is O=C(N[C@@H]1CCc2cc(C(F)F)ccc21)c1cnc2ncc(Br)cn12. The number of imidazole rings is 1. The van der Waals surface area contributed by atoms with Crippen LogP contribution in [0.25, 0.3) is 5.78 Å². The van der Waals surface area contributed by atoms with Gasteiger partial charge in [-0.2, -0.15) is 0 Å². The van der Waals surface area contributed by atoms with E-state index in [2.05, 4.69) is 31.2 Å². The van der Waals surface area contributed by atoms with Crippen LogP contribution in [0.15, 0.2) is 41.3 Å². The predicted molar refractivity (Wildman–Crippen MR) is 90.6 cm³/mol. The van der Waals surface area contributed by atoms with E-state index in [9.17, 15) is 13.6 Å². The molecule has 0 aliphatic heterocycles. The molecule has 0 fully saturated rings. The van der Waals surface area contributed by atoms with Crippen LogP contribution in [0.4, 0.5) is 8.78 Å². The topological polar surface area (TPSA) is 59.3 Å². The molecule has 2 heterocycles. The minimum Gasteiger partial charge on any atom is -0.344 e. The molecule has 0 spiro atoms. The van der Waals surface area contributed by atoms with E-state index in [0.29, 0.717) is 24.3 Å². The van der Waals surface area contributed by atoms with Gasteiger partial charge in [-0.3, -0.25) is 9.20 Å². The molecule has 0 saturated heterocycles. The van der Waals surface area contributed by atoms with Gasteiger partial charge >= 0.3 is 0 Å². The second kappa shape index (κ2) is 6.18. The van der Waals surface area contributed by atoms with Gasteiger partial charge in [-0.1, -0.05) is 12.1 Å². The molecule has 2 aromatic heterocycles. The van der Waals surface area contributed by atoms with Gasteiger partial charge in [0.15, 0.2) is 0 Å². The number of nitrogens with zero attached hydrogens (tertiary/aromatic N) is 3. The van der Waals surface area contributed by atoms with Crippen molar-refractivity contribution in [3.05, 3.63) is 63.6 Å². The van der Waals surface area contributed by atoms with Crippen LogP contribution in [0.3, 0.4) is 0 Å². The highest BCUT2D eigenvalue weighted by atomic mass is 79.9. The van der Waals surface area contributed by atoms with Crippen molar-refractivity contribution in [3.63, 3.8) is 0 Å². The second-order valence-electron chi connectivity index (χ2n) is 5.91. The molecule has 5 nitrogen and oxygen atoms in total. The van der Waals surface area contributed by atoms with E-state index < -0.39 is 6.43 Å². The van der Waals surface area contributed by atoms with Gasteiger partial charge in [0.05, 0.1) is 16.7 Å². The van der Waals surface area contributed by atoms with Crippen LogP contribution in [-0.4, -0.2) is 20.3 Å². The summed E-state index contributed by atoms with van der Waals surface area (Å²) in [6.45, 7) is 0. The second-order valence-corrected chi connectivity index (χ2v) is 6.82. The number of halogens is 3. The number of hydrogen-bond acceptors (Lipinski definition) is 3. The summed E-state index contributed by atoms with van der Waals surface area (Å²) >= 11 is 3.32. The fourth-order valence-electron chi connectivity index (χ4n) is 3.17. The lowest BCUT2D eigenvalue weighted by atomic mass is 10.0. The van der Waals surface area contributed by atoms with Gasteiger partial charge in [0.1, 0.15) is 5.69 Å². The van der Waals surface area contributed by atoms with Crippen molar-refractivity contribution < 1.29 is 13.6 Å². The Kier molecular flexibility index (Phi) is 3.99. The third kappa shape index (κ3) is 2.90. The minimum atomic E-state index is -2.48. The Balaban J connectivity index is 1.59. The third-order valence-corrected chi connectivity index (χ3v) is 4.78. The largest absolute Gasteiger partial charge is 0.344 e. The molecule has 1 aliphatic rings. The minimum absolute atomic E-state index is 0.0171. The molecule has 1 amide bonds. The molecular weight excluding hydrogens is 394 g/mol. The Hall–Kier alpha value is -2.35. The molecule has 1 aromatic carbocycles. The summed E-state index contributed by atoms with van der Waals surface area (Å²) in [5.74, 6) is 0.157. The average molecular weight is 407 g/mol. The van der Waals surface area contributed by atoms with E-state index in [1.807, 2.05) is 0 Å². The van der Waals surface area contributed by atoms with Crippen LogP contribution >= 0.6 is 15.9 Å². The lowest BCUT2D eigenvalue weighted by Crippen LogP contribution is -2.28. The molecule has 1 atom stereocenters. The molecule has 0 saturated carbocycles. The van der Waals surface area contributed by atoms with Crippen molar-refractivity contribution >= 4 is 27.6 Å². The van der Waals surface area contributed by atoms with Gasteiger partial charge in [-0.05, 0) is 46.0 Å². The smallest absolute Gasteiger partial charge is 0.270 e. The Labute approximate surface area is 150 Å². The van der Waals surface area contributed by atoms with Crippen molar-refractivity contribution in [1.82, 2.24) is 19.7 Å². The lowest BCUT2D eigenvalue weighted by molar-refractivity contribution is 0.0930. The van der Waals surface area contributed by atoms with Crippen LogP contribution in [0.1, 0.15) is 46.1 Å². The predicted octanol–water partition coefficient (Wildman–Crippen LogP) is 3.85. The first-order chi connectivity index (χ1) is 12.0. The molecule has 3 aromatic rings. The number of nitrogens with one attached hydrogen (secondary N) is 1. The highest BCUT2D eigenvalue weighted by Crippen LogP contribution is 2.34. The maximum atomic E-state index is 12.8. The van der Waals surface area contributed by atoms with E-state index in [1.54, 1.807) is 22.9 Å². The lowest BCUT2D eigenvalue weighted by Gasteiger charge is -2.14. The van der Waals surface area contributed by atoms with Gasteiger partial charge in [0.2, 0.25) is 5.78 Å². The normalized spacial score (nSPS) is 16.4. The van der Waals surface area contributed by atoms with Crippen molar-refractivity contribution in [2.75, 3.05) is 0 Å². The summed E-state index contributed by atoms with van der Waals surface area (Å²) in [4.78, 5) is 20.9. The highest BCUT2D eigenvalue weighted by molar-refractivity contribution is 9.10. The van der Waals surface area contributed by atoms with Crippen LogP contribution in [0.5, 0.6) is 0 Å². The Bertz CT molecular complexity index is 972. The molecule has 4 rings (SSSR count). The number of hydrogen-bond donors (Lipinski definition) is 1. The van der Waals surface area contributed by atoms with Crippen LogP contribution < -0.4 is 5.32 Å². The fraction of sp³-hybridized carbons (Fsp3) is 0.235. The Morgan fingerprint density at radius 3 is 2.92 bits per heavy atom. The summed E-state index contributed by atoms with van der Waals surface area (Å²) in [5, 5.41) is 2.97. The zero-order valence-corrected chi connectivity index (χ0v) is 14.5. The zero-order chi connectivity index (χ0) is 17.6. The quantitative estimate of drug-likeness (QED) is 0.718. The van der Waals surface area contributed by atoms with E-state index >= 15 is 0 Å². The first-order valence-corrected chi connectivity index (χ1v) is 8.52. The number of carbonyl (C=O) groups excluding carboxylic acids is 1. The van der Waals surface area contributed by atoms with Gasteiger partial charge in [0, 0.05) is 18.0 Å². The standard InChI is InChI=1S/C17H13BrF2N4O/c18-11-6-21-17-22-7-14(24(17)8-11)16(25)23-13-4-2-9-5-10(15(19)20)1-3-12(9)13/h1,3,5-8,13,15H,2,4H2,(H,23,25)/t13-/m1/s1. The highest BCUT2D eigenvalue weighted by Gasteiger charge is 2.26.